The smallest absolute Gasteiger partial charge is 0.274 e. The lowest BCUT2D eigenvalue weighted by molar-refractivity contribution is 0.102. The minimum atomic E-state index is -0.532. The molecule has 0 atom stereocenters. The van der Waals surface area contributed by atoms with E-state index in [0.717, 1.165) is 12.8 Å². The summed E-state index contributed by atoms with van der Waals surface area (Å²) in [5.74, 6) is 0.241. The number of halogens is 2. The molecule has 2 aromatic rings. The Balaban J connectivity index is 1.75. The highest BCUT2D eigenvalue weighted by Gasteiger charge is 2.17. The summed E-state index contributed by atoms with van der Waals surface area (Å²) in [5, 5.41) is 5.98. The van der Waals surface area contributed by atoms with E-state index in [4.69, 9.17) is 11.6 Å². The molecule has 24 heavy (non-hydrogen) atoms. The van der Waals surface area contributed by atoms with E-state index in [9.17, 15) is 9.18 Å². The van der Waals surface area contributed by atoms with Gasteiger partial charge >= 0.3 is 0 Å². The maximum Gasteiger partial charge on any atom is 0.274 e. The van der Waals surface area contributed by atoms with Gasteiger partial charge in [-0.15, -0.1) is 0 Å². The molecule has 0 unspecified atom stereocenters. The molecule has 0 radical (unpaired) electrons. The molecule has 0 saturated heterocycles. The quantitative estimate of drug-likeness (QED) is 0.869. The standard InChI is InChI=1S/C17H18ClFN4O/c1-10-20-15(9-16(21-10)22-11-4-2-3-5-11)17(24)23-12-6-7-14(19)13(18)8-12/h6-9,11H,2-5H2,1H3,(H,23,24)(H,20,21,22). The Morgan fingerprint density at radius 3 is 2.71 bits per heavy atom. The van der Waals surface area contributed by atoms with Crippen molar-refractivity contribution in [2.75, 3.05) is 10.6 Å². The topological polar surface area (TPSA) is 66.9 Å². The summed E-state index contributed by atoms with van der Waals surface area (Å²) in [6.07, 6.45) is 4.64. The maximum atomic E-state index is 13.2. The van der Waals surface area contributed by atoms with Crippen molar-refractivity contribution in [1.82, 2.24) is 9.97 Å². The summed E-state index contributed by atoms with van der Waals surface area (Å²) in [4.78, 5) is 20.9. The lowest BCUT2D eigenvalue weighted by atomic mass is 10.2. The molecule has 1 aliphatic rings. The van der Waals surface area contributed by atoms with Gasteiger partial charge in [0.1, 0.15) is 23.2 Å². The molecule has 0 spiro atoms. The molecule has 1 aromatic heterocycles. The molecule has 2 N–H and O–H groups in total. The van der Waals surface area contributed by atoms with Crippen molar-refractivity contribution < 1.29 is 9.18 Å². The number of benzene rings is 1. The minimum absolute atomic E-state index is 0.0461. The van der Waals surface area contributed by atoms with Gasteiger partial charge in [0, 0.05) is 17.8 Å². The summed E-state index contributed by atoms with van der Waals surface area (Å²) in [5.41, 5.74) is 0.663. The van der Waals surface area contributed by atoms with Crippen molar-refractivity contribution in [1.29, 1.82) is 0 Å². The van der Waals surface area contributed by atoms with Gasteiger partial charge in [0.2, 0.25) is 0 Å². The van der Waals surface area contributed by atoms with Gasteiger partial charge in [-0.1, -0.05) is 24.4 Å². The number of hydrogen-bond donors (Lipinski definition) is 2. The number of aromatic nitrogens is 2. The van der Waals surface area contributed by atoms with E-state index in [1.54, 1.807) is 13.0 Å². The van der Waals surface area contributed by atoms with Gasteiger partial charge in [0.05, 0.1) is 5.02 Å². The largest absolute Gasteiger partial charge is 0.367 e. The van der Waals surface area contributed by atoms with Gasteiger partial charge in [-0.05, 0) is 38.0 Å². The van der Waals surface area contributed by atoms with Crippen molar-refractivity contribution in [3.63, 3.8) is 0 Å². The number of nitrogens with zero attached hydrogens (tertiary/aromatic N) is 2. The van der Waals surface area contributed by atoms with Gasteiger partial charge in [-0.3, -0.25) is 4.79 Å². The van der Waals surface area contributed by atoms with Crippen molar-refractivity contribution in [3.05, 3.63) is 46.6 Å². The summed E-state index contributed by atoms with van der Waals surface area (Å²) in [6, 6.07) is 6.04. The first-order valence-corrected chi connectivity index (χ1v) is 8.28. The molecule has 1 saturated carbocycles. The Morgan fingerprint density at radius 1 is 1.25 bits per heavy atom. The van der Waals surface area contributed by atoms with Crippen LogP contribution in [0.4, 0.5) is 15.9 Å². The zero-order chi connectivity index (χ0) is 17.1. The van der Waals surface area contributed by atoms with E-state index >= 15 is 0 Å². The second-order valence-corrected chi connectivity index (χ2v) is 6.30. The first-order chi connectivity index (χ1) is 11.5. The van der Waals surface area contributed by atoms with Gasteiger partial charge in [-0.2, -0.15) is 0 Å². The number of anilines is 2. The number of rotatable bonds is 4. The molecule has 126 valence electrons. The highest BCUT2D eigenvalue weighted by Crippen LogP contribution is 2.22. The average molecular weight is 349 g/mol. The molecule has 1 heterocycles. The third kappa shape index (κ3) is 4.00. The number of carbonyl (C=O) groups is 1. The molecule has 1 fully saturated rings. The van der Waals surface area contributed by atoms with Crippen LogP contribution in [0.5, 0.6) is 0 Å². The fraction of sp³-hybridized carbons (Fsp3) is 0.353. The Kier molecular flexibility index (Phi) is 4.94. The highest BCUT2D eigenvalue weighted by molar-refractivity contribution is 6.31. The lowest BCUT2D eigenvalue weighted by Gasteiger charge is -2.14. The van der Waals surface area contributed by atoms with E-state index < -0.39 is 11.7 Å². The van der Waals surface area contributed by atoms with Crippen LogP contribution < -0.4 is 10.6 Å². The first-order valence-electron chi connectivity index (χ1n) is 7.90. The Labute approximate surface area is 144 Å². The van der Waals surface area contributed by atoms with Crippen LogP contribution in [0.2, 0.25) is 5.02 Å². The summed E-state index contributed by atoms with van der Waals surface area (Å²) in [7, 11) is 0. The second-order valence-electron chi connectivity index (χ2n) is 5.89. The van der Waals surface area contributed by atoms with E-state index in [1.165, 1.54) is 31.0 Å². The predicted molar refractivity (Wildman–Crippen MR) is 92.0 cm³/mol. The number of nitrogens with one attached hydrogen (secondary N) is 2. The van der Waals surface area contributed by atoms with Crippen molar-refractivity contribution in [2.45, 2.75) is 38.6 Å². The minimum Gasteiger partial charge on any atom is -0.367 e. The molecule has 0 bridgehead atoms. The summed E-state index contributed by atoms with van der Waals surface area (Å²) < 4.78 is 13.2. The molecular formula is C17H18ClFN4O. The van der Waals surface area contributed by atoms with Gasteiger partial charge in [0.15, 0.2) is 0 Å². The third-order valence-corrected chi connectivity index (χ3v) is 4.24. The molecule has 0 aliphatic heterocycles. The van der Waals surface area contributed by atoms with Crippen LogP contribution in [-0.4, -0.2) is 21.9 Å². The van der Waals surface area contributed by atoms with Crippen LogP contribution in [0, 0.1) is 12.7 Å². The van der Waals surface area contributed by atoms with Crippen LogP contribution in [-0.2, 0) is 0 Å². The summed E-state index contributed by atoms with van der Waals surface area (Å²) >= 11 is 5.73. The SMILES string of the molecule is Cc1nc(NC2CCCC2)cc(C(=O)Nc2ccc(F)c(Cl)c2)n1. The fourth-order valence-electron chi connectivity index (χ4n) is 2.81. The normalized spacial score (nSPS) is 14.6. The number of aryl methyl sites for hydroxylation is 1. The Bertz CT molecular complexity index is 762. The van der Waals surface area contributed by atoms with Gasteiger partial charge in [-0.25, -0.2) is 14.4 Å². The Hall–Kier alpha value is -2.21. The fourth-order valence-corrected chi connectivity index (χ4v) is 2.99. The first kappa shape index (κ1) is 16.6. The molecule has 1 amide bonds. The van der Waals surface area contributed by atoms with Crippen LogP contribution in [0.25, 0.3) is 0 Å². The molecule has 1 aromatic carbocycles. The van der Waals surface area contributed by atoms with E-state index in [0.29, 0.717) is 23.4 Å². The molecule has 3 rings (SSSR count). The number of amides is 1. The Morgan fingerprint density at radius 2 is 2.00 bits per heavy atom. The van der Waals surface area contributed by atoms with Crippen molar-refractivity contribution in [3.8, 4) is 0 Å². The highest BCUT2D eigenvalue weighted by atomic mass is 35.5. The van der Waals surface area contributed by atoms with Gasteiger partial charge < -0.3 is 10.6 Å². The molecular weight excluding hydrogens is 331 g/mol. The predicted octanol–water partition coefficient (Wildman–Crippen LogP) is 4.18. The maximum absolute atomic E-state index is 13.2. The monoisotopic (exact) mass is 348 g/mol. The number of carbonyl (C=O) groups excluding carboxylic acids is 1. The average Bonchev–Trinajstić information content (AvgIpc) is 3.03. The van der Waals surface area contributed by atoms with Crippen molar-refractivity contribution in [2.24, 2.45) is 0 Å². The van der Waals surface area contributed by atoms with Gasteiger partial charge in [0.25, 0.3) is 5.91 Å². The zero-order valence-electron chi connectivity index (χ0n) is 13.3. The van der Waals surface area contributed by atoms with Crippen LogP contribution in [0.1, 0.15) is 42.0 Å². The summed E-state index contributed by atoms with van der Waals surface area (Å²) in [6.45, 7) is 1.74. The van der Waals surface area contributed by atoms with Crippen LogP contribution in [0.15, 0.2) is 24.3 Å². The van der Waals surface area contributed by atoms with E-state index in [1.807, 2.05) is 0 Å². The van der Waals surface area contributed by atoms with E-state index in [2.05, 4.69) is 20.6 Å². The molecule has 5 nitrogen and oxygen atoms in total. The third-order valence-electron chi connectivity index (χ3n) is 3.96. The molecule has 7 heteroatoms. The number of hydrogen-bond acceptors (Lipinski definition) is 4. The lowest BCUT2D eigenvalue weighted by Crippen LogP contribution is -2.19. The van der Waals surface area contributed by atoms with Crippen LogP contribution in [0.3, 0.4) is 0 Å². The zero-order valence-corrected chi connectivity index (χ0v) is 14.0. The second kappa shape index (κ2) is 7.13. The van der Waals surface area contributed by atoms with Crippen molar-refractivity contribution >= 4 is 29.0 Å². The van der Waals surface area contributed by atoms with Crippen LogP contribution >= 0.6 is 11.6 Å². The molecule has 1 aliphatic carbocycles. The van der Waals surface area contributed by atoms with E-state index in [-0.39, 0.29) is 10.7 Å².